The van der Waals surface area contributed by atoms with Crippen molar-refractivity contribution in [2.24, 2.45) is 5.10 Å². The van der Waals surface area contributed by atoms with Crippen LogP contribution in [0.25, 0.3) is 6.08 Å². The van der Waals surface area contributed by atoms with E-state index in [-0.39, 0.29) is 12.0 Å². The molecule has 1 amide bonds. The Labute approximate surface area is 217 Å². The molecule has 0 bridgehead atoms. The van der Waals surface area contributed by atoms with Gasteiger partial charge in [-0.2, -0.15) is 10.1 Å². The second kappa shape index (κ2) is 11.6. The maximum absolute atomic E-state index is 13.2. The zero-order chi connectivity index (χ0) is 26.4. The number of amides is 1. The lowest BCUT2D eigenvalue weighted by molar-refractivity contribution is -0.114. The largest absolute Gasteiger partial charge is 0.493 e. The summed E-state index contributed by atoms with van der Waals surface area (Å²) >= 11 is 0. The normalized spacial score (nSPS) is 14.2. The summed E-state index contributed by atoms with van der Waals surface area (Å²) in [5.74, 6) is 0.567. The molecule has 0 fully saturated rings. The Morgan fingerprint density at radius 1 is 1.00 bits per heavy atom. The summed E-state index contributed by atoms with van der Waals surface area (Å²) in [6.45, 7) is 5.90. The van der Waals surface area contributed by atoms with Crippen LogP contribution in [0.3, 0.4) is 0 Å². The van der Waals surface area contributed by atoms with E-state index in [9.17, 15) is 9.59 Å². The molecule has 7 heteroatoms. The van der Waals surface area contributed by atoms with Crippen molar-refractivity contribution in [3.63, 3.8) is 0 Å². The summed E-state index contributed by atoms with van der Waals surface area (Å²) in [5, 5.41) is 5.76. The number of ether oxygens (including phenoxy) is 3. The van der Waals surface area contributed by atoms with Gasteiger partial charge in [-0.1, -0.05) is 36.4 Å². The number of benzene rings is 3. The van der Waals surface area contributed by atoms with Crippen molar-refractivity contribution < 1.29 is 23.8 Å². The van der Waals surface area contributed by atoms with E-state index in [0.29, 0.717) is 40.6 Å². The zero-order valence-electron chi connectivity index (χ0n) is 21.4. The molecule has 37 heavy (non-hydrogen) atoms. The Morgan fingerprint density at radius 2 is 1.73 bits per heavy atom. The smallest absolute Gasteiger partial charge is 0.338 e. The number of esters is 1. The van der Waals surface area contributed by atoms with Crippen LogP contribution in [0.15, 0.2) is 83.5 Å². The third-order valence-corrected chi connectivity index (χ3v) is 5.74. The Morgan fingerprint density at radius 3 is 2.41 bits per heavy atom. The molecule has 0 saturated heterocycles. The van der Waals surface area contributed by atoms with Gasteiger partial charge in [-0.05, 0) is 74.4 Å². The summed E-state index contributed by atoms with van der Waals surface area (Å²) < 4.78 is 16.7. The molecule has 0 atom stereocenters. The highest BCUT2D eigenvalue weighted by molar-refractivity contribution is 6.32. The first-order valence-corrected chi connectivity index (χ1v) is 12.1. The summed E-state index contributed by atoms with van der Waals surface area (Å²) in [6.07, 6.45) is 2.36. The number of rotatable bonds is 9. The molecule has 4 rings (SSSR count). The van der Waals surface area contributed by atoms with Gasteiger partial charge in [-0.3, -0.25) is 4.79 Å². The van der Waals surface area contributed by atoms with Crippen molar-refractivity contribution in [3.8, 4) is 11.5 Å². The van der Waals surface area contributed by atoms with Crippen LogP contribution in [0.5, 0.6) is 11.5 Å². The molecular weight excluding hydrogens is 468 g/mol. The van der Waals surface area contributed by atoms with Crippen LogP contribution in [0, 0.1) is 0 Å². The third-order valence-electron chi connectivity index (χ3n) is 5.74. The predicted octanol–water partition coefficient (Wildman–Crippen LogP) is 5.69. The van der Waals surface area contributed by atoms with Crippen LogP contribution < -0.4 is 14.5 Å². The first kappa shape index (κ1) is 25.7. The fraction of sp³-hybridized carbons (Fsp3) is 0.233. The van der Waals surface area contributed by atoms with Crippen molar-refractivity contribution in [2.75, 3.05) is 18.7 Å². The molecule has 0 saturated carbocycles. The standard InChI is InChI=1S/C30H30N2O5/c1-20(2)37-30(34)24-11-13-25(14-12-24)32-29(33)26(21(3)31-32)18-23-10-15-27(28(19-23)35-4)36-17-16-22-8-6-5-7-9-22/h5-15,18-20H,16-17H2,1-4H3. The molecule has 3 aromatic carbocycles. The fourth-order valence-corrected chi connectivity index (χ4v) is 3.86. The van der Waals surface area contributed by atoms with Gasteiger partial charge in [0.15, 0.2) is 11.5 Å². The van der Waals surface area contributed by atoms with Gasteiger partial charge >= 0.3 is 5.97 Å². The average molecular weight is 499 g/mol. The molecule has 1 aliphatic rings. The zero-order valence-corrected chi connectivity index (χ0v) is 21.4. The maximum atomic E-state index is 13.2. The van der Waals surface area contributed by atoms with Gasteiger partial charge in [0.1, 0.15) is 0 Å². The summed E-state index contributed by atoms with van der Waals surface area (Å²) in [6, 6.07) is 22.3. The Hall–Kier alpha value is -4.39. The monoisotopic (exact) mass is 498 g/mol. The molecule has 0 radical (unpaired) electrons. The maximum Gasteiger partial charge on any atom is 0.338 e. The number of carbonyl (C=O) groups is 2. The van der Waals surface area contributed by atoms with Gasteiger partial charge < -0.3 is 14.2 Å². The average Bonchev–Trinajstić information content (AvgIpc) is 3.18. The molecule has 0 N–H and O–H groups in total. The summed E-state index contributed by atoms with van der Waals surface area (Å²) in [7, 11) is 1.59. The minimum atomic E-state index is -0.406. The van der Waals surface area contributed by atoms with Crippen molar-refractivity contribution in [3.05, 3.63) is 95.1 Å². The van der Waals surface area contributed by atoms with Gasteiger partial charge in [0.05, 0.1) is 42.4 Å². The minimum Gasteiger partial charge on any atom is -0.493 e. The highest BCUT2D eigenvalue weighted by Crippen LogP contribution is 2.31. The SMILES string of the molecule is COc1cc(C=C2C(=O)N(c3ccc(C(=O)OC(C)C)cc3)N=C2C)ccc1OCCc1ccccc1. The fourth-order valence-electron chi connectivity index (χ4n) is 3.86. The van der Waals surface area contributed by atoms with Crippen molar-refractivity contribution >= 4 is 29.4 Å². The van der Waals surface area contributed by atoms with E-state index in [0.717, 1.165) is 12.0 Å². The third kappa shape index (κ3) is 6.25. The lowest BCUT2D eigenvalue weighted by Gasteiger charge is -2.13. The van der Waals surface area contributed by atoms with Gasteiger partial charge in [-0.15, -0.1) is 0 Å². The van der Waals surface area contributed by atoms with Crippen molar-refractivity contribution in [2.45, 2.75) is 33.3 Å². The number of methoxy groups -OCH3 is 1. The van der Waals surface area contributed by atoms with Gasteiger partial charge in [0, 0.05) is 6.42 Å². The van der Waals surface area contributed by atoms with Gasteiger partial charge in [-0.25, -0.2) is 4.79 Å². The molecule has 1 heterocycles. The Bertz CT molecular complexity index is 1330. The predicted molar refractivity (Wildman–Crippen MR) is 144 cm³/mol. The van der Waals surface area contributed by atoms with E-state index < -0.39 is 5.97 Å². The van der Waals surface area contributed by atoms with Crippen LogP contribution in [-0.4, -0.2) is 37.4 Å². The van der Waals surface area contributed by atoms with E-state index in [2.05, 4.69) is 17.2 Å². The van der Waals surface area contributed by atoms with E-state index >= 15 is 0 Å². The minimum absolute atomic E-state index is 0.208. The van der Waals surface area contributed by atoms with Crippen LogP contribution in [0.2, 0.25) is 0 Å². The topological polar surface area (TPSA) is 77.4 Å². The molecule has 190 valence electrons. The Balaban J connectivity index is 1.46. The molecule has 0 aromatic heterocycles. The molecule has 0 spiro atoms. The van der Waals surface area contributed by atoms with E-state index in [1.165, 1.54) is 10.6 Å². The molecule has 1 aliphatic heterocycles. The molecule has 3 aromatic rings. The number of hydrogen-bond donors (Lipinski definition) is 0. The van der Waals surface area contributed by atoms with E-state index in [1.54, 1.807) is 58.2 Å². The molecule has 0 aliphatic carbocycles. The van der Waals surface area contributed by atoms with Crippen LogP contribution >= 0.6 is 0 Å². The quantitative estimate of drug-likeness (QED) is 0.280. The van der Waals surface area contributed by atoms with Gasteiger partial charge in [0.25, 0.3) is 5.91 Å². The molecular formula is C30H30N2O5. The summed E-state index contributed by atoms with van der Waals surface area (Å²) in [4.78, 5) is 25.3. The van der Waals surface area contributed by atoms with E-state index in [4.69, 9.17) is 14.2 Å². The van der Waals surface area contributed by atoms with Gasteiger partial charge in [0.2, 0.25) is 0 Å². The van der Waals surface area contributed by atoms with Crippen molar-refractivity contribution in [1.82, 2.24) is 0 Å². The van der Waals surface area contributed by atoms with Crippen LogP contribution in [-0.2, 0) is 16.0 Å². The second-order valence-electron chi connectivity index (χ2n) is 8.86. The Kier molecular flexibility index (Phi) is 8.03. The lowest BCUT2D eigenvalue weighted by atomic mass is 10.1. The highest BCUT2D eigenvalue weighted by Gasteiger charge is 2.29. The number of hydrogen-bond acceptors (Lipinski definition) is 6. The lowest BCUT2D eigenvalue weighted by Crippen LogP contribution is -2.21. The first-order chi connectivity index (χ1) is 17.9. The molecule has 7 nitrogen and oxygen atoms in total. The van der Waals surface area contributed by atoms with E-state index in [1.807, 2.05) is 36.4 Å². The summed E-state index contributed by atoms with van der Waals surface area (Å²) in [5.41, 5.74) is 4.04. The van der Waals surface area contributed by atoms with Crippen molar-refractivity contribution in [1.29, 1.82) is 0 Å². The number of hydrazone groups is 1. The number of carbonyl (C=O) groups excluding carboxylic acids is 2. The van der Waals surface area contributed by atoms with Crippen LogP contribution in [0.1, 0.15) is 42.3 Å². The molecule has 0 unspecified atom stereocenters. The number of anilines is 1. The first-order valence-electron chi connectivity index (χ1n) is 12.1. The van der Waals surface area contributed by atoms with Crippen LogP contribution in [0.4, 0.5) is 5.69 Å². The highest BCUT2D eigenvalue weighted by atomic mass is 16.5. The number of nitrogens with zero attached hydrogens (tertiary/aromatic N) is 2. The second-order valence-corrected chi connectivity index (χ2v) is 8.86.